The summed E-state index contributed by atoms with van der Waals surface area (Å²) in [6.07, 6.45) is 6.63. The van der Waals surface area contributed by atoms with Gasteiger partial charge in [-0.2, -0.15) is 0 Å². The van der Waals surface area contributed by atoms with Gasteiger partial charge in [-0.25, -0.2) is 0 Å². The molecule has 0 saturated heterocycles. The van der Waals surface area contributed by atoms with Crippen molar-refractivity contribution in [3.05, 3.63) is 22.7 Å². The van der Waals surface area contributed by atoms with Crippen LogP contribution in [0.1, 0.15) is 39.0 Å². The lowest BCUT2D eigenvalue weighted by atomic mass is 9.85. The van der Waals surface area contributed by atoms with Gasteiger partial charge in [0.05, 0.1) is 4.47 Å². The third kappa shape index (κ3) is 2.95. The van der Waals surface area contributed by atoms with Gasteiger partial charge in [-0.15, -0.1) is 0 Å². The van der Waals surface area contributed by atoms with Crippen molar-refractivity contribution in [1.82, 2.24) is 0 Å². The van der Waals surface area contributed by atoms with Crippen LogP contribution in [0.5, 0.6) is 5.75 Å². The molecule has 0 heterocycles. The second-order valence-corrected chi connectivity index (χ2v) is 5.56. The highest BCUT2D eigenvalue weighted by atomic mass is 79.9. The van der Waals surface area contributed by atoms with E-state index in [-0.39, 0.29) is 0 Å². The molecule has 0 aromatic heterocycles. The molecule has 1 aromatic carbocycles. The average Bonchev–Trinajstić information content (AvgIpc) is 2.35. The van der Waals surface area contributed by atoms with E-state index < -0.39 is 0 Å². The Morgan fingerprint density at radius 1 is 1.35 bits per heavy atom. The highest BCUT2D eigenvalue weighted by Crippen LogP contribution is 2.35. The number of anilines is 1. The van der Waals surface area contributed by atoms with E-state index in [1.807, 2.05) is 18.2 Å². The monoisotopic (exact) mass is 297 g/mol. The van der Waals surface area contributed by atoms with Crippen LogP contribution in [0.25, 0.3) is 0 Å². The first-order valence-corrected chi connectivity index (χ1v) is 7.22. The van der Waals surface area contributed by atoms with Gasteiger partial charge in [-0.3, -0.25) is 0 Å². The lowest BCUT2D eigenvalue weighted by Crippen LogP contribution is -2.30. The fraction of sp³-hybridized carbons (Fsp3) is 0.571. The minimum Gasteiger partial charge on any atom is -0.489 e. The molecule has 0 radical (unpaired) electrons. The van der Waals surface area contributed by atoms with Crippen LogP contribution in [-0.2, 0) is 0 Å². The van der Waals surface area contributed by atoms with Gasteiger partial charge in [0.25, 0.3) is 0 Å². The molecular formula is C14H20BrNO. The maximum Gasteiger partial charge on any atom is 0.136 e. The van der Waals surface area contributed by atoms with Gasteiger partial charge in [-0.05, 0) is 59.7 Å². The summed E-state index contributed by atoms with van der Waals surface area (Å²) in [4.78, 5) is 0. The van der Waals surface area contributed by atoms with Gasteiger partial charge in [0.1, 0.15) is 11.9 Å². The maximum absolute atomic E-state index is 6.14. The Hall–Kier alpha value is -0.700. The molecule has 2 N–H and O–H groups in total. The van der Waals surface area contributed by atoms with Gasteiger partial charge in [0.15, 0.2) is 0 Å². The van der Waals surface area contributed by atoms with Crippen molar-refractivity contribution in [2.45, 2.75) is 45.1 Å². The number of hydrogen-bond donors (Lipinski definition) is 1. The SMILES string of the molecule is CCC1CCCCC1Oc1cccc(N)c1Br. The molecule has 2 nitrogen and oxygen atoms in total. The van der Waals surface area contributed by atoms with Crippen LogP contribution in [0.15, 0.2) is 22.7 Å². The van der Waals surface area contributed by atoms with Crippen molar-refractivity contribution in [1.29, 1.82) is 0 Å². The predicted octanol–water partition coefficient (Wildman–Crippen LogP) is 4.38. The summed E-state index contributed by atoms with van der Waals surface area (Å²) in [5, 5.41) is 0. The van der Waals surface area contributed by atoms with E-state index in [0.29, 0.717) is 12.0 Å². The highest BCUT2D eigenvalue weighted by molar-refractivity contribution is 9.10. The van der Waals surface area contributed by atoms with Crippen LogP contribution in [0.4, 0.5) is 5.69 Å². The molecule has 0 amide bonds. The smallest absolute Gasteiger partial charge is 0.136 e. The Morgan fingerprint density at radius 3 is 2.88 bits per heavy atom. The van der Waals surface area contributed by atoms with Crippen LogP contribution < -0.4 is 10.5 Å². The zero-order valence-corrected chi connectivity index (χ0v) is 11.9. The van der Waals surface area contributed by atoms with Gasteiger partial charge in [0.2, 0.25) is 0 Å². The summed E-state index contributed by atoms with van der Waals surface area (Å²) >= 11 is 3.50. The Kier molecular flexibility index (Phi) is 4.32. The van der Waals surface area contributed by atoms with Gasteiger partial charge >= 0.3 is 0 Å². The van der Waals surface area contributed by atoms with Crippen LogP contribution in [0.2, 0.25) is 0 Å². The van der Waals surface area contributed by atoms with E-state index >= 15 is 0 Å². The Bertz CT molecular complexity index is 380. The first-order chi connectivity index (χ1) is 8.22. The Morgan fingerprint density at radius 2 is 2.12 bits per heavy atom. The van der Waals surface area contributed by atoms with E-state index in [0.717, 1.165) is 15.9 Å². The third-order valence-corrected chi connectivity index (χ3v) is 4.48. The molecule has 0 bridgehead atoms. The summed E-state index contributed by atoms with van der Waals surface area (Å²) in [6.45, 7) is 2.25. The first kappa shape index (κ1) is 12.7. The molecule has 1 aromatic rings. The minimum absolute atomic E-state index is 0.354. The second kappa shape index (κ2) is 5.76. The van der Waals surface area contributed by atoms with Crippen LogP contribution in [0, 0.1) is 5.92 Å². The fourth-order valence-corrected chi connectivity index (χ4v) is 2.94. The molecule has 2 atom stereocenters. The van der Waals surface area contributed by atoms with E-state index in [9.17, 15) is 0 Å². The van der Waals surface area contributed by atoms with Gasteiger partial charge in [-0.1, -0.05) is 19.4 Å². The Labute approximate surface area is 112 Å². The summed E-state index contributed by atoms with van der Waals surface area (Å²) in [7, 11) is 0. The average molecular weight is 298 g/mol. The van der Waals surface area contributed by atoms with E-state index in [4.69, 9.17) is 10.5 Å². The second-order valence-electron chi connectivity index (χ2n) is 4.77. The van der Waals surface area contributed by atoms with Crippen molar-refractivity contribution in [3.63, 3.8) is 0 Å². The lowest BCUT2D eigenvalue weighted by Gasteiger charge is -2.31. The zero-order chi connectivity index (χ0) is 12.3. The molecule has 0 spiro atoms. The van der Waals surface area contributed by atoms with Crippen LogP contribution in [0.3, 0.4) is 0 Å². The number of ether oxygens (including phenoxy) is 1. The Balaban J connectivity index is 2.11. The first-order valence-electron chi connectivity index (χ1n) is 6.43. The fourth-order valence-electron chi connectivity index (χ4n) is 2.58. The summed E-state index contributed by atoms with van der Waals surface area (Å²) < 4.78 is 7.03. The quantitative estimate of drug-likeness (QED) is 0.840. The molecule has 1 saturated carbocycles. The largest absolute Gasteiger partial charge is 0.489 e. The molecule has 2 unspecified atom stereocenters. The number of nitrogens with two attached hydrogens (primary N) is 1. The molecule has 3 heteroatoms. The molecule has 94 valence electrons. The maximum atomic E-state index is 6.14. The third-order valence-electron chi connectivity index (χ3n) is 3.64. The van der Waals surface area contributed by atoms with Crippen LogP contribution in [-0.4, -0.2) is 6.10 Å². The predicted molar refractivity (Wildman–Crippen MR) is 75.2 cm³/mol. The zero-order valence-electron chi connectivity index (χ0n) is 10.3. The van der Waals surface area contributed by atoms with Gasteiger partial charge < -0.3 is 10.5 Å². The summed E-state index contributed by atoms with van der Waals surface area (Å²) in [5.41, 5.74) is 6.61. The molecule has 1 aliphatic carbocycles. The number of benzene rings is 1. The molecule has 0 aliphatic heterocycles. The molecule has 17 heavy (non-hydrogen) atoms. The van der Waals surface area contributed by atoms with E-state index in [1.54, 1.807) is 0 Å². The van der Waals surface area contributed by atoms with E-state index in [2.05, 4.69) is 22.9 Å². The summed E-state index contributed by atoms with van der Waals surface area (Å²) in [6, 6.07) is 5.82. The topological polar surface area (TPSA) is 35.2 Å². The number of halogens is 1. The summed E-state index contributed by atoms with van der Waals surface area (Å²) in [5.74, 6) is 1.58. The number of rotatable bonds is 3. The molecule has 2 rings (SSSR count). The van der Waals surface area contributed by atoms with Crippen molar-refractivity contribution >= 4 is 21.6 Å². The normalized spacial score (nSPS) is 24.6. The standard InChI is InChI=1S/C14H20BrNO/c1-2-10-6-3-4-8-12(10)17-13-9-5-7-11(16)14(13)15/h5,7,9-10,12H,2-4,6,8,16H2,1H3. The number of hydrogen-bond acceptors (Lipinski definition) is 2. The van der Waals surface area contributed by atoms with Crippen molar-refractivity contribution in [3.8, 4) is 5.75 Å². The number of nitrogen functional groups attached to an aromatic ring is 1. The van der Waals surface area contributed by atoms with Crippen molar-refractivity contribution < 1.29 is 4.74 Å². The van der Waals surface area contributed by atoms with Gasteiger partial charge in [0, 0.05) is 5.69 Å². The minimum atomic E-state index is 0.354. The van der Waals surface area contributed by atoms with E-state index in [1.165, 1.54) is 32.1 Å². The van der Waals surface area contributed by atoms with Crippen molar-refractivity contribution in [2.24, 2.45) is 5.92 Å². The van der Waals surface area contributed by atoms with Crippen molar-refractivity contribution in [2.75, 3.05) is 5.73 Å². The van der Waals surface area contributed by atoms with Crippen LogP contribution >= 0.6 is 15.9 Å². The highest BCUT2D eigenvalue weighted by Gasteiger charge is 2.25. The molecule has 1 fully saturated rings. The molecule has 1 aliphatic rings. The molecular weight excluding hydrogens is 278 g/mol. The lowest BCUT2D eigenvalue weighted by molar-refractivity contribution is 0.0897.